The van der Waals surface area contributed by atoms with E-state index in [0.29, 0.717) is 22.6 Å². The van der Waals surface area contributed by atoms with E-state index in [1.54, 1.807) is 36.4 Å². The molecule has 0 aliphatic heterocycles. The van der Waals surface area contributed by atoms with Crippen molar-refractivity contribution in [2.45, 2.75) is 25.3 Å². The Morgan fingerprint density at radius 1 is 1.32 bits per heavy atom. The highest BCUT2D eigenvalue weighted by Crippen LogP contribution is 2.23. The van der Waals surface area contributed by atoms with Gasteiger partial charge < -0.3 is 15.0 Å². The second-order valence-corrected chi connectivity index (χ2v) is 6.80. The lowest BCUT2D eigenvalue weighted by molar-refractivity contribution is -0.121. The summed E-state index contributed by atoms with van der Waals surface area (Å²) in [6, 6.07) is 12.5. The Hall–Kier alpha value is -3.11. The van der Waals surface area contributed by atoms with Crippen molar-refractivity contribution in [2.75, 3.05) is 23.4 Å². The maximum absolute atomic E-state index is 12.5. The molecule has 144 valence electrons. The molecule has 0 spiro atoms. The van der Waals surface area contributed by atoms with Crippen LogP contribution in [0.1, 0.15) is 29.6 Å². The first kappa shape index (κ1) is 19.6. The van der Waals surface area contributed by atoms with Crippen molar-refractivity contribution in [3.05, 3.63) is 53.2 Å². The molecular weight excluding hydrogens is 380 g/mol. The van der Waals surface area contributed by atoms with Crippen molar-refractivity contribution >= 4 is 35.0 Å². The van der Waals surface area contributed by atoms with E-state index in [-0.39, 0.29) is 18.5 Å². The van der Waals surface area contributed by atoms with Crippen LogP contribution >= 0.6 is 11.6 Å². The van der Waals surface area contributed by atoms with Gasteiger partial charge in [0.25, 0.3) is 5.91 Å². The second kappa shape index (κ2) is 9.20. The number of carbonyl (C=O) groups is 2. The minimum atomic E-state index is -0.634. The number of hydrogen-bond donors (Lipinski definition) is 1. The third-order valence-corrected chi connectivity index (χ3v) is 4.36. The fraction of sp³-hybridized carbons (Fsp3) is 0.300. The van der Waals surface area contributed by atoms with E-state index in [1.807, 2.05) is 6.07 Å². The van der Waals surface area contributed by atoms with Gasteiger partial charge in [-0.1, -0.05) is 17.7 Å². The lowest BCUT2D eigenvalue weighted by Crippen LogP contribution is -2.35. The third kappa shape index (κ3) is 5.44. The molecule has 1 fully saturated rings. The van der Waals surface area contributed by atoms with Crippen molar-refractivity contribution in [2.24, 2.45) is 0 Å². The summed E-state index contributed by atoms with van der Waals surface area (Å²) in [7, 11) is 0. The van der Waals surface area contributed by atoms with Crippen molar-refractivity contribution in [3.63, 3.8) is 0 Å². The summed E-state index contributed by atoms with van der Waals surface area (Å²) >= 11 is 5.98. The molecular formula is C20H19ClN4O3. The van der Waals surface area contributed by atoms with Gasteiger partial charge >= 0.3 is 5.97 Å². The number of esters is 1. The van der Waals surface area contributed by atoms with Gasteiger partial charge in [0, 0.05) is 29.5 Å². The van der Waals surface area contributed by atoms with Crippen LogP contribution < -0.4 is 10.2 Å². The Balaban J connectivity index is 1.59. The Labute approximate surface area is 167 Å². The summed E-state index contributed by atoms with van der Waals surface area (Å²) < 4.78 is 5.13. The van der Waals surface area contributed by atoms with Crippen LogP contribution in [-0.2, 0) is 9.53 Å². The number of ether oxygens (including phenoxy) is 1. The number of nitrogens with one attached hydrogen (secondary N) is 1. The molecule has 8 heteroatoms. The first-order valence-corrected chi connectivity index (χ1v) is 9.27. The maximum Gasteiger partial charge on any atom is 0.340 e. The predicted octanol–water partition coefficient (Wildman–Crippen LogP) is 3.41. The molecule has 3 rings (SSSR count). The van der Waals surface area contributed by atoms with Gasteiger partial charge in [-0.15, -0.1) is 0 Å². The number of nitriles is 1. The number of hydrogen-bond acceptors (Lipinski definition) is 6. The summed E-state index contributed by atoms with van der Waals surface area (Å²) in [6.07, 6.45) is 3.82. The highest BCUT2D eigenvalue weighted by Gasteiger charge is 2.22. The SMILES string of the molecule is N#CCCN(C(=O)COC(=O)c1ccc(NC2CC2)nc1)c1cccc(Cl)c1. The molecule has 0 unspecified atom stereocenters. The van der Waals surface area contributed by atoms with Gasteiger partial charge in [-0.25, -0.2) is 9.78 Å². The van der Waals surface area contributed by atoms with E-state index < -0.39 is 18.5 Å². The van der Waals surface area contributed by atoms with Gasteiger partial charge in [-0.2, -0.15) is 5.26 Å². The molecule has 1 saturated carbocycles. The zero-order valence-corrected chi connectivity index (χ0v) is 15.9. The molecule has 0 atom stereocenters. The number of rotatable bonds is 8. The topological polar surface area (TPSA) is 95.3 Å². The number of carbonyl (C=O) groups excluding carboxylic acids is 2. The summed E-state index contributed by atoms with van der Waals surface area (Å²) in [5.41, 5.74) is 0.807. The largest absolute Gasteiger partial charge is 0.452 e. The fourth-order valence-corrected chi connectivity index (χ4v) is 2.71. The van der Waals surface area contributed by atoms with Crippen LogP contribution in [0.25, 0.3) is 0 Å². The third-order valence-electron chi connectivity index (χ3n) is 4.12. The zero-order chi connectivity index (χ0) is 19.9. The predicted molar refractivity (Wildman–Crippen MR) is 105 cm³/mol. The quantitative estimate of drug-likeness (QED) is 0.684. The number of halogens is 1. The van der Waals surface area contributed by atoms with Crippen LogP contribution in [0.15, 0.2) is 42.6 Å². The van der Waals surface area contributed by atoms with Crippen molar-refractivity contribution in [1.82, 2.24) is 4.98 Å². The van der Waals surface area contributed by atoms with Crippen molar-refractivity contribution in [3.8, 4) is 6.07 Å². The Kier molecular flexibility index (Phi) is 6.45. The number of anilines is 2. The molecule has 7 nitrogen and oxygen atoms in total. The Morgan fingerprint density at radius 3 is 2.79 bits per heavy atom. The van der Waals surface area contributed by atoms with E-state index in [1.165, 1.54) is 11.1 Å². The standard InChI is InChI=1S/C20H19ClN4O3/c21-15-3-1-4-17(11-15)25(10-2-9-22)19(26)13-28-20(27)14-5-8-18(23-12-14)24-16-6-7-16/h1,3-5,8,11-12,16H,2,6-7,10,13H2,(H,23,24). The van der Waals surface area contributed by atoms with Crippen molar-refractivity contribution < 1.29 is 14.3 Å². The highest BCUT2D eigenvalue weighted by atomic mass is 35.5. The molecule has 0 radical (unpaired) electrons. The highest BCUT2D eigenvalue weighted by molar-refractivity contribution is 6.30. The van der Waals surface area contributed by atoms with E-state index in [2.05, 4.69) is 10.3 Å². The molecule has 0 saturated heterocycles. The molecule has 1 aromatic carbocycles. The van der Waals surface area contributed by atoms with Crippen LogP contribution in [-0.4, -0.2) is 36.1 Å². The van der Waals surface area contributed by atoms with Crippen LogP contribution in [0.5, 0.6) is 0 Å². The van der Waals surface area contributed by atoms with Crippen LogP contribution in [0.4, 0.5) is 11.5 Å². The van der Waals surface area contributed by atoms with Gasteiger partial charge in [0.05, 0.1) is 18.1 Å². The Bertz CT molecular complexity index is 891. The molecule has 2 aromatic rings. The summed E-state index contributed by atoms with van der Waals surface area (Å²) in [4.78, 5) is 30.3. The normalized spacial score (nSPS) is 12.7. The van der Waals surface area contributed by atoms with Gasteiger partial charge in [0.1, 0.15) is 5.82 Å². The number of pyridine rings is 1. The average molecular weight is 399 g/mol. The fourth-order valence-electron chi connectivity index (χ4n) is 2.53. The molecule has 1 amide bonds. The van der Waals surface area contributed by atoms with E-state index in [0.717, 1.165) is 12.8 Å². The van der Waals surface area contributed by atoms with E-state index >= 15 is 0 Å². The number of benzene rings is 1. The number of nitrogens with zero attached hydrogens (tertiary/aromatic N) is 3. The molecule has 1 aliphatic rings. The second-order valence-electron chi connectivity index (χ2n) is 6.36. The minimum absolute atomic E-state index is 0.144. The molecule has 0 bridgehead atoms. The first-order valence-electron chi connectivity index (χ1n) is 8.89. The number of amides is 1. The van der Waals surface area contributed by atoms with E-state index in [4.69, 9.17) is 21.6 Å². The molecule has 1 aromatic heterocycles. The zero-order valence-electron chi connectivity index (χ0n) is 15.1. The molecule has 1 aliphatic carbocycles. The summed E-state index contributed by atoms with van der Waals surface area (Å²) in [5, 5.41) is 12.5. The lowest BCUT2D eigenvalue weighted by Gasteiger charge is -2.21. The van der Waals surface area contributed by atoms with Crippen LogP contribution in [0.2, 0.25) is 5.02 Å². The molecule has 1 N–H and O–H groups in total. The van der Waals surface area contributed by atoms with Gasteiger partial charge in [0.2, 0.25) is 0 Å². The maximum atomic E-state index is 12.5. The average Bonchev–Trinajstić information content (AvgIpc) is 3.51. The number of aromatic nitrogens is 1. The van der Waals surface area contributed by atoms with Crippen LogP contribution in [0, 0.1) is 11.3 Å². The summed E-state index contributed by atoms with van der Waals surface area (Å²) in [5.74, 6) is -0.366. The lowest BCUT2D eigenvalue weighted by atomic mass is 10.2. The van der Waals surface area contributed by atoms with E-state index in [9.17, 15) is 9.59 Å². The van der Waals surface area contributed by atoms with Crippen molar-refractivity contribution in [1.29, 1.82) is 5.26 Å². The van der Waals surface area contributed by atoms with Gasteiger partial charge in [-0.3, -0.25) is 4.79 Å². The first-order chi connectivity index (χ1) is 13.6. The van der Waals surface area contributed by atoms with Crippen LogP contribution in [0.3, 0.4) is 0 Å². The van der Waals surface area contributed by atoms with Gasteiger partial charge in [0.15, 0.2) is 6.61 Å². The smallest absolute Gasteiger partial charge is 0.340 e. The monoisotopic (exact) mass is 398 g/mol. The summed E-state index contributed by atoms with van der Waals surface area (Å²) in [6.45, 7) is -0.269. The molecule has 28 heavy (non-hydrogen) atoms. The van der Waals surface area contributed by atoms with Gasteiger partial charge in [-0.05, 0) is 43.2 Å². The minimum Gasteiger partial charge on any atom is -0.452 e. The molecule has 1 heterocycles. The Morgan fingerprint density at radius 2 is 2.14 bits per heavy atom.